The van der Waals surface area contributed by atoms with Gasteiger partial charge in [0.1, 0.15) is 0 Å². The molecule has 1 saturated heterocycles. The molecule has 0 bridgehead atoms. The number of benzene rings is 1. The molecule has 1 aromatic rings. The lowest BCUT2D eigenvalue weighted by Crippen LogP contribution is -2.63. The van der Waals surface area contributed by atoms with Gasteiger partial charge < -0.3 is 5.32 Å². The van der Waals surface area contributed by atoms with Gasteiger partial charge in [-0.2, -0.15) is 0 Å². The molecule has 1 aliphatic heterocycles. The molecule has 2 nitrogen and oxygen atoms in total. The number of halogens is 2. The maximum atomic E-state index is 6.36. The van der Waals surface area contributed by atoms with Crippen molar-refractivity contribution in [3.8, 4) is 0 Å². The lowest BCUT2D eigenvalue weighted by atomic mass is 9.90. The second-order valence-electron chi connectivity index (χ2n) is 6.74. The standard InChI is InChI=1S/C17H24Cl2N2/c1-3-13-9-20-17(2,12-7-8-12)11-21(13)10-14-15(18)5-4-6-16(14)19/h4-6,12-13,20H,3,7-11H2,1-2H3. The second-order valence-corrected chi connectivity index (χ2v) is 7.55. The van der Waals surface area contributed by atoms with Crippen LogP contribution in [0.4, 0.5) is 0 Å². The number of nitrogens with one attached hydrogen (secondary N) is 1. The van der Waals surface area contributed by atoms with Crippen LogP contribution in [0.2, 0.25) is 10.0 Å². The second kappa shape index (κ2) is 6.08. The fourth-order valence-electron chi connectivity index (χ4n) is 3.55. The molecule has 1 saturated carbocycles. The van der Waals surface area contributed by atoms with Gasteiger partial charge in [-0.1, -0.05) is 36.2 Å². The molecule has 0 spiro atoms. The van der Waals surface area contributed by atoms with Gasteiger partial charge in [-0.15, -0.1) is 0 Å². The molecular formula is C17H24Cl2N2. The zero-order valence-electron chi connectivity index (χ0n) is 12.8. The monoisotopic (exact) mass is 326 g/mol. The van der Waals surface area contributed by atoms with Gasteiger partial charge in [0.05, 0.1) is 0 Å². The summed E-state index contributed by atoms with van der Waals surface area (Å²) < 4.78 is 0. The molecule has 4 heteroatoms. The molecule has 3 rings (SSSR count). The van der Waals surface area contributed by atoms with E-state index in [0.717, 1.165) is 47.6 Å². The Balaban J connectivity index is 1.80. The van der Waals surface area contributed by atoms with Crippen LogP contribution < -0.4 is 5.32 Å². The highest BCUT2D eigenvalue weighted by atomic mass is 35.5. The number of rotatable bonds is 4. The maximum Gasteiger partial charge on any atom is 0.0465 e. The van der Waals surface area contributed by atoms with E-state index in [1.807, 2.05) is 18.2 Å². The average Bonchev–Trinajstić information content (AvgIpc) is 3.28. The Morgan fingerprint density at radius 2 is 1.95 bits per heavy atom. The Morgan fingerprint density at radius 1 is 1.29 bits per heavy atom. The Hall–Kier alpha value is -0.280. The minimum Gasteiger partial charge on any atom is -0.308 e. The van der Waals surface area contributed by atoms with Gasteiger partial charge >= 0.3 is 0 Å². The molecule has 0 amide bonds. The molecule has 1 aromatic carbocycles. The summed E-state index contributed by atoms with van der Waals surface area (Å²) in [6.45, 7) is 7.62. The first-order valence-electron chi connectivity index (χ1n) is 7.95. The summed E-state index contributed by atoms with van der Waals surface area (Å²) in [5.41, 5.74) is 1.32. The third-order valence-electron chi connectivity index (χ3n) is 5.16. The summed E-state index contributed by atoms with van der Waals surface area (Å²) in [5.74, 6) is 0.833. The fraction of sp³-hybridized carbons (Fsp3) is 0.647. The van der Waals surface area contributed by atoms with Gasteiger partial charge in [-0.25, -0.2) is 0 Å². The van der Waals surface area contributed by atoms with Crippen molar-refractivity contribution in [2.75, 3.05) is 13.1 Å². The smallest absolute Gasteiger partial charge is 0.0465 e. The Labute approximate surface area is 137 Å². The van der Waals surface area contributed by atoms with E-state index in [9.17, 15) is 0 Å². The molecule has 2 atom stereocenters. The van der Waals surface area contributed by atoms with E-state index < -0.39 is 0 Å². The largest absolute Gasteiger partial charge is 0.308 e. The molecule has 0 aromatic heterocycles. The van der Waals surface area contributed by atoms with Crippen LogP contribution >= 0.6 is 23.2 Å². The predicted octanol–water partition coefficient (Wildman–Crippen LogP) is 4.35. The van der Waals surface area contributed by atoms with Crippen LogP contribution in [0.1, 0.15) is 38.7 Å². The lowest BCUT2D eigenvalue weighted by molar-refractivity contribution is 0.0666. The van der Waals surface area contributed by atoms with Gasteiger partial charge in [-0.05, 0) is 44.2 Å². The van der Waals surface area contributed by atoms with E-state index in [2.05, 4.69) is 24.1 Å². The molecule has 21 heavy (non-hydrogen) atoms. The fourth-order valence-corrected chi connectivity index (χ4v) is 4.07. The molecule has 116 valence electrons. The summed E-state index contributed by atoms with van der Waals surface area (Å²) >= 11 is 12.7. The highest BCUT2D eigenvalue weighted by molar-refractivity contribution is 6.35. The molecule has 1 N–H and O–H groups in total. The van der Waals surface area contributed by atoms with E-state index in [0.29, 0.717) is 6.04 Å². The first-order valence-corrected chi connectivity index (χ1v) is 8.71. The molecule has 1 heterocycles. The van der Waals surface area contributed by atoms with Gasteiger partial charge in [0.2, 0.25) is 0 Å². The summed E-state index contributed by atoms with van der Waals surface area (Å²) in [6.07, 6.45) is 3.87. The van der Waals surface area contributed by atoms with E-state index in [4.69, 9.17) is 23.2 Å². The summed E-state index contributed by atoms with van der Waals surface area (Å²) in [7, 11) is 0. The highest BCUT2D eigenvalue weighted by Crippen LogP contribution is 2.42. The molecule has 2 fully saturated rings. The van der Waals surface area contributed by atoms with Crippen LogP contribution in [0, 0.1) is 5.92 Å². The zero-order chi connectivity index (χ0) is 15.0. The van der Waals surface area contributed by atoms with Crippen LogP contribution in [0.5, 0.6) is 0 Å². The van der Waals surface area contributed by atoms with E-state index in [-0.39, 0.29) is 5.54 Å². The van der Waals surface area contributed by atoms with Crippen molar-refractivity contribution >= 4 is 23.2 Å². The Kier molecular flexibility index (Phi) is 4.52. The molecular weight excluding hydrogens is 303 g/mol. The van der Waals surface area contributed by atoms with Crippen LogP contribution in [0.15, 0.2) is 18.2 Å². The van der Waals surface area contributed by atoms with Gasteiger partial charge in [0, 0.05) is 46.8 Å². The Morgan fingerprint density at radius 3 is 2.52 bits per heavy atom. The van der Waals surface area contributed by atoms with Crippen molar-refractivity contribution in [2.24, 2.45) is 5.92 Å². The van der Waals surface area contributed by atoms with Crippen molar-refractivity contribution in [1.29, 1.82) is 0 Å². The quantitative estimate of drug-likeness (QED) is 0.885. The first-order chi connectivity index (χ1) is 10.0. The number of hydrogen-bond acceptors (Lipinski definition) is 2. The minimum absolute atomic E-state index is 0.249. The molecule has 2 unspecified atom stereocenters. The zero-order valence-corrected chi connectivity index (χ0v) is 14.3. The van der Waals surface area contributed by atoms with Crippen LogP contribution in [-0.4, -0.2) is 29.6 Å². The van der Waals surface area contributed by atoms with Crippen molar-refractivity contribution in [3.05, 3.63) is 33.8 Å². The number of hydrogen-bond donors (Lipinski definition) is 1. The van der Waals surface area contributed by atoms with Crippen molar-refractivity contribution in [1.82, 2.24) is 10.2 Å². The third-order valence-corrected chi connectivity index (χ3v) is 5.87. The average molecular weight is 327 g/mol. The summed E-state index contributed by atoms with van der Waals surface area (Å²) in [4.78, 5) is 2.57. The summed E-state index contributed by atoms with van der Waals surface area (Å²) in [5, 5.41) is 5.36. The maximum absolute atomic E-state index is 6.36. The summed E-state index contributed by atoms with van der Waals surface area (Å²) in [6, 6.07) is 6.35. The van der Waals surface area contributed by atoms with Crippen LogP contribution in [-0.2, 0) is 6.54 Å². The van der Waals surface area contributed by atoms with Gasteiger partial charge in [0.15, 0.2) is 0 Å². The van der Waals surface area contributed by atoms with Crippen LogP contribution in [0.3, 0.4) is 0 Å². The predicted molar refractivity (Wildman–Crippen MR) is 90.1 cm³/mol. The van der Waals surface area contributed by atoms with E-state index in [1.165, 1.54) is 12.8 Å². The normalized spacial score (nSPS) is 30.6. The molecule has 0 radical (unpaired) electrons. The van der Waals surface area contributed by atoms with Gasteiger partial charge in [0.25, 0.3) is 0 Å². The van der Waals surface area contributed by atoms with Crippen LogP contribution in [0.25, 0.3) is 0 Å². The van der Waals surface area contributed by atoms with E-state index >= 15 is 0 Å². The van der Waals surface area contributed by atoms with Crippen molar-refractivity contribution in [2.45, 2.75) is 51.2 Å². The lowest BCUT2D eigenvalue weighted by Gasteiger charge is -2.46. The highest BCUT2D eigenvalue weighted by Gasteiger charge is 2.45. The number of nitrogens with zero attached hydrogens (tertiary/aromatic N) is 1. The third kappa shape index (κ3) is 3.24. The first kappa shape index (κ1) is 15.6. The molecule has 2 aliphatic rings. The van der Waals surface area contributed by atoms with Crippen molar-refractivity contribution in [3.63, 3.8) is 0 Å². The SMILES string of the molecule is CCC1CNC(C)(C2CC2)CN1Cc1c(Cl)cccc1Cl. The Bertz CT molecular complexity index is 495. The van der Waals surface area contributed by atoms with E-state index in [1.54, 1.807) is 0 Å². The van der Waals surface area contributed by atoms with Gasteiger partial charge in [-0.3, -0.25) is 4.90 Å². The topological polar surface area (TPSA) is 15.3 Å². The van der Waals surface area contributed by atoms with Crippen molar-refractivity contribution < 1.29 is 0 Å². The number of piperazine rings is 1. The molecule has 1 aliphatic carbocycles. The minimum atomic E-state index is 0.249.